The van der Waals surface area contributed by atoms with Gasteiger partial charge in [-0.05, 0) is 17.5 Å². The van der Waals surface area contributed by atoms with Gasteiger partial charge in [-0.2, -0.15) is 0 Å². The summed E-state index contributed by atoms with van der Waals surface area (Å²) in [5.74, 6) is -3.95. The van der Waals surface area contributed by atoms with E-state index in [1.807, 2.05) is 43.4 Å². The molecule has 0 saturated carbocycles. The van der Waals surface area contributed by atoms with Gasteiger partial charge in [0.15, 0.2) is 0 Å². The molecule has 5 atom stereocenters. The van der Waals surface area contributed by atoms with Crippen molar-refractivity contribution in [3.05, 3.63) is 36.0 Å². The van der Waals surface area contributed by atoms with Gasteiger partial charge in [0, 0.05) is 23.5 Å². The fraction of sp³-hybridized carbons (Fsp3) is 0.478. The molecule has 12 nitrogen and oxygen atoms in total. The van der Waals surface area contributed by atoms with Gasteiger partial charge in [-0.15, -0.1) is 0 Å². The van der Waals surface area contributed by atoms with Crippen LogP contribution in [0.5, 0.6) is 0 Å². The predicted octanol–water partition coefficient (Wildman–Crippen LogP) is -1.39. The molecule has 0 aliphatic carbocycles. The highest BCUT2D eigenvalue weighted by atomic mass is 16.4. The number of amides is 3. The van der Waals surface area contributed by atoms with Crippen molar-refractivity contribution in [2.75, 3.05) is 13.2 Å². The van der Waals surface area contributed by atoms with E-state index in [2.05, 4.69) is 15.6 Å². The van der Waals surface area contributed by atoms with Gasteiger partial charge in [-0.3, -0.25) is 14.4 Å². The Balaban J connectivity index is 2.24. The molecule has 1 aromatic heterocycles. The summed E-state index contributed by atoms with van der Waals surface area (Å²) in [6.07, 6.45) is 2.42. The highest BCUT2D eigenvalue weighted by molar-refractivity contribution is 5.95. The van der Waals surface area contributed by atoms with Crippen molar-refractivity contribution in [3.63, 3.8) is 0 Å². The fourth-order valence-corrected chi connectivity index (χ4v) is 3.43. The predicted molar refractivity (Wildman–Crippen MR) is 127 cm³/mol. The molecule has 0 bridgehead atoms. The lowest BCUT2D eigenvalue weighted by molar-refractivity contribution is -0.143. The van der Waals surface area contributed by atoms with Gasteiger partial charge in [-0.25, -0.2) is 4.79 Å². The van der Waals surface area contributed by atoms with E-state index in [0.717, 1.165) is 16.5 Å². The van der Waals surface area contributed by atoms with E-state index in [1.54, 1.807) is 6.20 Å². The van der Waals surface area contributed by atoms with Crippen LogP contribution in [-0.4, -0.2) is 81.4 Å². The summed E-state index contributed by atoms with van der Waals surface area (Å²) in [5.41, 5.74) is 7.59. The van der Waals surface area contributed by atoms with Gasteiger partial charge in [0.05, 0.1) is 19.3 Å². The van der Waals surface area contributed by atoms with Crippen LogP contribution >= 0.6 is 0 Å². The number of aromatic amines is 1. The lowest BCUT2D eigenvalue weighted by Crippen LogP contribution is -2.59. The van der Waals surface area contributed by atoms with Crippen LogP contribution in [-0.2, 0) is 25.6 Å². The smallest absolute Gasteiger partial charge is 0.328 e. The van der Waals surface area contributed by atoms with Crippen LogP contribution in [0.4, 0.5) is 0 Å². The molecular weight excluding hydrogens is 458 g/mol. The van der Waals surface area contributed by atoms with E-state index < -0.39 is 61.1 Å². The zero-order chi connectivity index (χ0) is 26.1. The number of carbonyl (C=O) groups excluding carboxylic acids is 3. The van der Waals surface area contributed by atoms with Crippen LogP contribution in [0.15, 0.2) is 30.5 Å². The van der Waals surface area contributed by atoms with E-state index in [9.17, 15) is 24.3 Å². The first-order chi connectivity index (χ1) is 16.6. The number of fused-ring (bicyclic) bond motifs is 1. The van der Waals surface area contributed by atoms with Crippen molar-refractivity contribution in [1.29, 1.82) is 0 Å². The molecule has 2 aromatic rings. The van der Waals surface area contributed by atoms with Crippen molar-refractivity contribution in [2.24, 2.45) is 11.7 Å². The molecule has 0 fully saturated rings. The number of aliphatic hydroxyl groups excluding tert-OH is 2. The number of nitrogens with two attached hydrogens (primary N) is 1. The minimum Gasteiger partial charge on any atom is -0.480 e. The molecule has 192 valence electrons. The molecular formula is C23H33N5O7. The average Bonchev–Trinajstić information content (AvgIpc) is 3.26. The summed E-state index contributed by atoms with van der Waals surface area (Å²) < 4.78 is 0. The first kappa shape index (κ1) is 27.8. The summed E-state index contributed by atoms with van der Waals surface area (Å²) in [6.45, 7) is 1.98. The summed E-state index contributed by atoms with van der Waals surface area (Å²) in [7, 11) is 0. The Morgan fingerprint density at radius 1 is 0.943 bits per heavy atom. The highest BCUT2D eigenvalue weighted by Gasteiger charge is 2.31. The summed E-state index contributed by atoms with van der Waals surface area (Å²) >= 11 is 0. The molecule has 1 aromatic carbocycles. The molecule has 5 unspecified atom stereocenters. The molecule has 12 heteroatoms. The van der Waals surface area contributed by atoms with Crippen LogP contribution < -0.4 is 21.7 Å². The second-order valence-electron chi connectivity index (χ2n) is 8.36. The topological polar surface area (TPSA) is 207 Å². The summed E-state index contributed by atoms with van der Waals surface area (Å²) in [6, 6.07) is 2.26. The third-order valence-corrected chi connectivity index (χ3v) is 5.90. The Labute approximate surface area is 202 Å². The molecule has 0 aliphatic heterocycles. The molecule has 3 amide bonds. The van der Waals surface area contributed by atoms with Crippen molar-refractivity contribution in [2.45, 2.75) is 50.9 Å². The SMILES string of the molecule is CCC(C)C(N)C(=O)NC(Cc1c[nH]c2ccccc12)C(=O)NC(CO)C(=O)NC(CO)C(=O)O. The first-order valence-corrected chi connectivity index (χ1v) is 11.3. The van der Waals surface area contributed by atoms with Crippen molar-refractivity contribution in [3.8, 4) is 0 Å². The number of carboxylic acids is 1. The maximum atomic E-state index is 13.1. The fourth-order valence-electron chi connectivity index (χ4n) is 3.43. The maximum Gasteiger partial charge on any atom is 0.328 e. The van der Waals surface area contributed by atoms with E-state index in [0.29, 0.717) is 6.42 Å². The molecule has 0 spiro atoms. The van der Waals surface area contributed by atoms with Crippen LogP contribution in [0.2, 0.25) is 0 Å². The number of H-pyrrole nitrogens is 1. The van der Waals surface area contributed by atoms with Crippen LogP contribution in [0.1, 0.15) is 25.8 Å². The van der Waals surface area contributed by atoms with E-state index in [1.165, 1.54) is 0 Å². The van der Waals surface area contributed by atoms with Crippen LogP contribution in [0.25, 0.3) is 10.9 Å². The number of carbonyl (C=O) groups is 4. The Morgan fingerprint density at radius 2 is 1.51 bits per heavy atom. The molecule has 35 heavy (non-hydrogen) atoms. The average molecular weight is 492 g/mol. The Bertz CT molecular complexity index is 1040. The number of aromatic nitrogens is 1. The lowest BCUT2D eigenvalue weighted by Gasteiger charge is -2.25. The van der Waals surface area contributed by atoms with Crippen LogP contribution in [0.3, 0.4) is 0 Å². The number of aliphatic carboxylic acids is 1. The third-order valence-electron chi connectivity index (χ3n) is 5.90. The van der Waals surface area contributed by atoms with Crippen molar-refractivity contribution >= 4 is 34.6 Å². The van der Waals surface area contributed by atoms with Gasteiger partial charge in [-0.1, -0.05) is 38.5 Å². The number of carboxylic acid groups (broad SMARTS) is 1. The van der Waals surface area contributed by atoms with Crippen molar-refractivity contribution < 1.29 is 34.5 Å². The van der Waals surface area contributed by atoms with Gasteiger partial charge < -0.3 is 42.0 Å². The van der Waals surface area contributed by atoms with E-state index >= 15 is 0 Å². The second-order valence-corrected chi connectivity index (χ2v) is 8.36. The summed E-state index contributed by atoms with van der Waals surface area (Å²) in [4.78, 5) is 52.4. The molecule has 9 N–H and O–H groups in total. The molecule has 1 heterocycles. The standard InChI is InChI=1S/C23H33N5O7/c1-3-12(2)19(24)22(33)26-16(8-13-9-25-15-7-5-4-6-14(13)15)20(31)27-17(10-29)21(32)28-18(11-30)23(34)35/h4-7,9,12,16-19,25,29-30H,3,8,10-11,24H2,1-2H3,(H,26,33)(H,27,31)(H,28,32)(H,34,35). The molecule has 0 saturated heterocycles. The minimum absolute atomic E-state index is 0.0585. The Hall–Kier alpha value is -3.48. The van der Waals surface area contributed by atoms with Gasteiger partial charge in [0.2, 0.25) is 17.7 Å². The third kappa shape index (κ3) is 7.25. The maximum absolute atomic E-state index is 13.1. The van der Waals surface area contributed by atoms with Crippen molar-refractivity contribution in [1.82, 2.24) is 20.9 Å². The Morgan fingerprint density at radius 3 is 2.11 bits per heavy atom. The zero-order valence-corrected chi connectivity index (χ0v) is 19.7. The van der Waals surface area contributed by atoms with Gasteiger partial charge in [0.1, 0.15) is 18.1 Å². The van der Waals surface area contributed by atoms with Gasteiger partial charge in [0.25, 0.3) is 0 Å². The monoisotopic (exact) mass is 491 g/mol. The van der Waals surface area contributed by atoms with Crippen LogP contribution in [0, 0.1) is 5.92 Å². The number of benzene rings is 1. The van der Waals surface area contributed by atoms with E-state index in [-0.39, 0.29) is 12.3 Å². The number of hydrogen-bond donors (Lipinski definition) is 8. The normalized spacial score (nSPS) is 15.5. The number of aliphatic hydroxyl groups is 2. The van der Waals surface area contributed by atoms with Gasteiger partial charge >= 0.3 is 5.97 Å². The largest absolute Gasteiger partial charge is 0.480 e. The summed E-state index contributed by atoms with van der Waals surface area (Å²) in [5, 5.41) is 35.6. The number of rotatable bonds is 13. The molecule has 0 radical (unpaired) electrons. The number of nitrogens with one attached hydrogen (secondary N) is 4. The number of para-hydroxylation sites is 1. The highest BCUT2D eigenvalue weighted by Crippen LogP contribution is 2.19. The number of hydrogen-bond acceptors (Lipinski definition) is 7. The lowest BCUT2D eigenvalue weighted by atomic mass is 9.98. The molecule has 0 aliphatic rings. The first-order valence-electron chi connectivity index (χ1n) is 11.3. The minimum atomic E-state index is -1.61. The molecule has 2 rings (SSSR count). The zero-order valence-electron chi connectivity index (χ0n) is 19.7. The second kappa shape index (κ2) is 12.8. The quantitative estimate of drug-likeness (QED) is 0.167. The Kier molecular flexibility index (Phi) is 10.2. The van der Waals surface area contributed by atoms with E-state index in [4.69, 9.17) is 15.9 Å².